The summed E-state index contributed by atoms with van der Waals surface area (Å²) < 4.78 is 18.0. The number of hydrazine groups is 1. The van der Waals surface area contributed by atoms with Crippen LogP contribution in [0.4, 0.5) is 9.18 Å². The molecule has 2 aromatic rings. The van der Waals surface area contributed by atoms with Crippen LogP contribution in [0.5, 0.6) is 0 Å². The molecule has 4 amide bonds. The van der Waals surface area contributed by atoms with E-state index < -0.39 is 11.9 Å². The number of nitrogens with zero attached hydrogens (tertiary/aromatic N) is 1. The third-order valence-electron chi connectivity index (χ3n) is 4.44. The Balaban J connectivity index is 1.36. The van der Waals surface area contributed by atoms with E-state index in [1.54, 1.807) is 17.0 Å². The first-order chi connectivity index (χ1) is 13.5. The van der Waals surface area contributed by atoms with Crippen LogP contribution in [0.2, 0.25) is 0 Å². The van der Waals surface area contributed by atoms with E-state index in [1.165, 1.54) is 30.5 Å². The molecular formula is C19H21FN4O4. The number of hydrogen-bond acceptors (Lipinski definition) is 4. The first-order valence-corrected chi connectivity index (χ1v) is 8.94. The molecule has 1 saturated heterocycles. The highest BCUT2D eigenvalue weighted by molar-refractivity contribution is 5.91. The van der Waals surface area contributed by atoms with Gasteiger partial charge in [-0.05, 0) is 42.7 Å². The van der Waals surface area contributed by atoms with Crippen molar-refractivity contribution < 1.29 is 23.2 Å². The summed E-state index contributed by atoms with van der Waals surface area (Å²) in [6, 6.07) is 8.21. The van der Waals surface area contributed by atoms with Crippen LogP contribution in [0.1, 0.15) is 29.0 Å². The van der Waals surface area contributed by atoms with Gasteiger partial charge in [0.25, 0.3) is 5.91 Å². The summed E-state index contributed by atoms with van der Waals surface area (Å²) >= 11 is 0. The van der Waals surface area contributed by atoms with Gasteiger partial charge in [0.2, 0.25) is 5.91 Å². The molecule has 0 unspecified atom stereocenters. The topological polar surface area (TPSA) is 104 Å². The van der Waals surface area contributed by atoms with E-state index in [-0.39, 0.29) is 24.2 Å². The van der Waals surface area contributed by atoms with Crippen LogP contribution < -0.4 is 16.2 Å². The van der Waals surface area contributed by atoms with Crippen LogP contribution in [0.25, 0.3) is 0 Å². The van der Waals surface area contributed by atoms with Crippen molar-refractivity contribution in [3.8, 4) is 0 Å². The number of nitrogens with one attached hydrogen (secondary N) is 3. The fraction of sp³-hybridized carbons (Fsp3) is 0.316. The molecule has 0 spiro atoms. The van der Waals surface area contributed by atoms with Gasteiger partial charge in [0.1, 0.15) is 5.82 Å². The second-order valence-corrected chi connectivity index (χ2v) is 6.49. The van der Waals surface area contributed by atoms with Crippen LogP contribution in [-0.2, 0) is 11.2 Å². The number of rotatable bonds is 4. The van der Waals surface area contributed by atoms with Gasteiger partial charge in [-0.15, -0.1) is 0 Å². The monoisotopic (exact) mass is 388 g/mol. The molecule has 0 saturated carbocycles. The number of furan rings is 1. The van der Waals surface area contributed by atoms with E-state index in [9.17, 15) is 18.8 Å². The Morgan fingerprint density at radius 2 is 1.79 bits per heavy atom. The average Bonchev–Trinajstić information content (AvgIpc) is 3.23. The fourth-order valence-electron chi connectivity index (χ4n) is 2.96. The molecular weight excluding hydrogens is 367 g/mol. The van der Waals surface area contributed by atoms with Gasteiger partial charge in [0, 0.05) is 19.1 Å². The van der Waals surface area contributed by atoms with Gasteiger partial charge in [-0.3, -0.25) is 15.0 Å². The van der Waals surface area contributed by atoms with Crippen LogP contribution in [0, 0.1) is 5.82 Å². The largest absolute Gasteiger partial charge is 0.459 e. The highest BCUT2D eigenvalue weighted by Crippen LogP contribution is 2.14. The summed E-state index contributed by atoms with van der Waals surface area (Å²) in [5.74, 6) is -0.659. The van der Waals surface area contributed by atoms with Crippen molar-refractivity contribution in [1.82, 2.24) is 21.1 Å². The molecule has 1 aromatic heterocycles. The number of likely N-dealkylation sites (tertiary alicyclic amines) is 1. The molecule has 3 rings (SSSR count). The van der Waals surface area contributed by atoms with Crippen molar-refractivity contribution in [2.75, 3.05) is 13.1 Å². The Hall–Kier alpha value is -3.36. The first-order valence-electron chi connectivity index (χ1n) is 8.94. The maximum absolute atomic E-state index is 12.8. The maximum Gasteiger partial charge on any atom is 0.333 e. The molecule has 28 heavy (non-hydrogen) atoms. The number of carbonyl (C=O) groups is 3. The van der Waals surface area contributed by atoms with Gasteiger partial charge < -0.3 is 14.6 Å². The van der Waals surface area contributed by atoms with E-state index in [0.29, 0.717) is 37.3 Å². The van der Waals surface area contributed by atoms with Crippen molar-refractivity contribution in [1.29, 1.82) is 0 Å². The van der Waals surface area contributed by atoms with E-state index in [0.717, 1.165) is 0 Å². The molecule has 1 aliphatic heterocycles. The molecule has 0 aliphatic carbocycles. The highest BCUT2D eigenvalue weighted by Gasteiger charge is 2.25. The minimum atomic E-state index is -0.525. The summed E-state index contributed by atoms with van der Waals surface area (Å²) in [7, 11) is 0. The number of benzene rings is 1. The minimum absolute atomic E-state index is 0.0217. The highest BCUT2D eigenvalue weighted by atomic mass is 19.1. The number of hydrogen-bond donors (Lipinski definition) is 3. The number of urea groups is 1. The number of amides is 4. The molecule has 9 heteroatoms. The molecule has 148 valence electrons. The van der Waals surface area contributed by atoms with Gasteiger partial charge >= 0.3 is 6.03 Å². The van der Waals surface area contributed by atoms with E-state index in [2.05, 4.69) is 16.2 Å². The molecule has 8 nitrogen and oxygen atoms in total. The molecule has 1 fully saturated rings. The summed E-state index contributed by atoms with van der Waals surface area (Å²) in [6.45, 7) is 1.00. The molecule has 0 atom stereocenters. The quantitative estimate of drug-likeness (QED) is 0.692. The predicted octanol–water partition coefficient (Wildman–Crippen LogP) is 1.60. The lowest BCUT2D eigenvalue weighted by atomic mass is 10.1. The first kappa shape index (κ1) is 19.4. The normalized spacial score (nSPS) is 14.4. The number of halogens is 1. The Bertz CT molecular complexity index is 815. The number of piperidine rings is 1. The molecule has 2 heterocycles. The van der Waals surface area contributed by atoms with Crippen molar-refractivity contribution >= 4 is 17.8 Å². The van der Waals surface area contributed by atoms with Gasteiger partial charge in [0.05, 0.1) is 12.7 Å². The van der Waals surface area contributed by atoms with E-state index in [1.807, 2.05) is 0 Å². The molecule has 1 aromatic carbocycles. The molecule has 1 aliphatic rings. The summed E-state index contributed by atoms with van der Waals surface area (Å²) in [5, 5.41) is 2.76. The van der Waals surface area contributed by atoms with Crippen molar-refractivity contribution in [3.05, 3.63) is 59.8 Å². The molecule has 0 bridgehead atoms. The SMILES string of the molecule is O=C(Cc1ccc(F)cc1)NNC(=O)NC1CCN(C(=O)c2ccco2)CC1. The Morgan fingerprint density at radius 1 is 1.07 bits per heavy atom. The third-order valence-corrected chi connectivity index (χ3v) is 4.44. The summed E-state index contributed by atoms with van der Waals surface area (Å²) in [4.78, 5) is 37.6. The smallest absolute Gasteiger partial charge is 0.333 e. The summed E-state index contributed by atoms with van der Waals surface area (Å²) in [5.41, 5.74) is 5.24. The second kappa shape index (κ2) is 9.03. The molecule has 0 radical (unpaired) electrons. The van der Waals surface area contributed by atoms with Crippen LogP contribution in [0.3, 0.4) is 0 Å². The van der Waals surface area contributed by atoms with Crippen LogP contribution >= 0.6 is 0 Å². The predicted molar refractivity (Wildman–Crippen MR) is 97.5 cm³/mol. The minimum Gasteiger partial charge on any atom is -0.459 e. The number of carbonyl (C=O) groups excluding carboxylic acids is 3. The van der Waals surface area contributed by atoms with Crippen molar-refractivity contribution in [3.63, 3.8) is 0 Å². The molecule has 3 N–H and O–H groups in total. The van der Waals surface area contributed by atoms with Gasteiger partial charge in [0.15, 0.2) is 5.76 Å². The second-order valence-electron chi connectivity index (χ2n) is 6.49. The zero-order valence-corrected chi connectivity index (χ0v) is 15.1. The zero-order chi connectivity index (χ0) is 19.9. The Labute approximate surface area is 161 Å². The zero-order valence-electron chi connectivity index (χ0n) is 15.1. The standard InChI is InChI=1S/C19H21FN4O4/c20-14-5-3-13(4-6-14)12-17(25)22-23-19(27)21-15-7-9-24(10-8-15)18(26)16-2-1-11-28-16/h1-6,11,15H,7-10,12H2,(H,22,25)(H2,21,23,27). The van der Waals surface area contributed by atoms with E-state index >= 15 is 0 Å². The average molecular weight is 388 g/mol. The third kappa shape index (κ3) is 5.32. The maximum atomic E-state index is 12.8. The van der Waals surface area contributed by atoms with Crippen LogP contribution in [-0.4, -0.2) is 41.9 Å². The van der Waals surface area contributed by atoms with Gasteiger partial charge in [-0.25, -0.2) is 14.6 Å². The van der Waals surface area contributed by atoms with Crippen molar-refractivity contribution in [2.45, 2.75) is 25.3 Å². The van der Waals surface area contributed by atoms with Gasteiger partial charge in [-0.1, -0.05) is 12.1 Å². The lowest BCUT2D eigenvalue weighted by molar-refractivity contribution is -0.121. The van der Waals surface area contributed by atoms with Gasteiger partial charge in [-0.2, -0.15) is 0 Å². The Morgan fingerprint density at radius 3 is 2.43 bits per heavy atom. The van der Waals surface area contributed by atoms with Crippen molar-refractivity contribution in [2.24, 2.45) is 0 Å². The van der Waals surface area contributed by atoms with Crippen LogP contribution in [0.15, 0.2) is 47.1 Å². The summed E-state index contributed by atoms with van der Waals surface area (Å²) in [6.07, 6.45) is 2.68. The lowest BCUT2D eigenvalue weighted by Crippen LogP contribution is -2.53. The lowest BCUT2D eigenvalue weighted by Gasteiger charge is -2.31. The fourth-order valence-corrected chi connectivity index (χ4v) is 2.96. The Kier molecular flexibility index (Phi) is 6.25. The van der Waals surface area contributed by atoms with E-state index in [4.69, 9.17) is 4.42 Å².